The maximum absolute atomic E-state index is 10.8. The minimum absolute atomic E-state index is 0.368. The van der Waals surface area contributed by atoms with Gasteiger partial charge in [0.2, 0.25) is 0 Å². The number of unbranched alkanes of at least 4 members (excludes halogenated alkanes) is 6. The summed E-state index contributed by atoms with van der Waals surface area (Å²) < 4.78 is 31.3. The minimum Gasteiger partial charge on any atom is -0.497 e. The van der Waals surface area contributed by atoms with Gasteiger partial charge in [-0.2, -0.15) is 0 Å². The average Bonchev–Trinajstić information content (AvgIpc) is 3.26. The van der Waals surface area contributed by atoms with Crippen molar-refractivity contribution in [3.63, 3.8) is 0 Å². The van der Waals surface area contributed by atoms with Gasteiger partial charge in [0.15, 0.2) is 0 Å². The summed E-state index contributed by atoms with van der Waals surface area (Å²) in [6.45, 7) is 13.0. The van der Waals surface area contributed by atoms with Crippen LogP contribution in [0.1, 0.15) is 77.6 Å². The van der Waals surface area contributed by atoms with Crippen LogP contribution in [0.2, 0.25) is 0 Å². The number of nitrogens with zero attached hydrogens (tertiary/aromatic N) is 1. The van der Waals surface area contributed by atoms with E-state index in [2.05, 4.69) is 24.9 Å². The van der Waals surface area contributed by atoms with Crippen LogP contribution in [0.3, 0.4) is 0 Å². The first kappa shape index (κ1) is 51.0. The molecule has 3 aromatic carbocycles. The Balaban J connectivity index is 0.000000791. The summed E-state index contributed by atoms with van der Waals surface area (Å²) in [6.07, 6.45) is 16.2. The summed E-state index contributed by atoms with van der Waals surface area (Å²) in [5.41, 5.74) is 2.12. The number of methoxy groups -OCH3 is 3. The number of carbonyl (C=O) groups excluding carboxylic acids is 4. The van der Waals surface area contributed by atoms with E-state index in [1.54, 1.807) is 70.0 Å². The number of esters is 1. The Labute approximate surface area is 338 Å². The zero-order valence-electron chi connectivity index (χ0n) is 33.6. The molecule has 0 fully saturated rings. The van der Waals surface area contributed by atoms with Crippen LogP contribution in [0.4, 0.5) is 0 Å². The van der Waals surface area contributed by atoms with E-state index in [4.69, 9.17) is 38.1 Å². The van der Waals surface area contributed by atoms with Gasteiger partial charge in [-0.3, -0.25) is 14.4 Å². The lowest BCUT2D eigenvalue weighted by molar-refractivity contribution is -0.137. The van der Waals surface area contributed by atoms with Gasteiger partial charge < -0.3 is 33.3 Å². The molecule has 0 aliphatic heterocycles. The largest absolute Gasteiger partial charge is 0.497 e. The first-order valence-corrected chi connectivity index (χ1v) is 18.5. The van der Waals surface area contributed by atoms with Gasteiger partial charge in [0.25, 0.3) is 0 Å². The van der Waals surface area contributed by atoms with Crippen molar-refractivity contribution >= 4 is 31.0 Å². The molecule has 310 valence electrons. The van der Waals surface area contributed by atoms with Crippen LogP contribution in [0.25, 0.3) is 0 Å². The van der Waals surface area contributed by atoms with Gasteiger partial charge in [-0.15, -0.1) is 0 Å². The number of aldehydes is 3. The highest BCUT2D eigenvalue weighted by Crippen LogP contribution is 2.22. The molecule has 3 aromatic rings. The molecule has 12 nitrogen and oxygen atoms in total. The Morgan fingerprint density at radius 2 is 1.12 bits per heavy atom. The normalized spacial score (nSPS) is 9.67. The van der Waals surface area contributed by atoms with Crippen molar-refractivity contribution < 1.29 is 52.4 Å². The van der Waals surface area contributed by atoms with E-state index >= 15 is 0 Å². The standard InChI is InChI=1S/C16H20O4.C14H20O3.C12H15NO3.C3H4O/c1-2-16(18)20-12-6-4-3-5-11-19-15-9-7-14(13-17)8-10-15;1-16-10-4-2-3-5-11-17-14-8-6-13(12-15)7-9-14;1-4-7-16-13-9-10-8-11(14-2)5-6-12(10)15-3;1-2-3-4/h2,7-10,13H,1,3-6,11-12H2;6-9,12H,2-5,10-11H2,1H3;4-6,8-9H,1,7H2,2-3H3;2-3H,1H2/b;;13-9+;. The van der Waals surface area contributed by atoms with Gasteiger partial charge in [0.05, 0.1) is 40.3 Å². The predicted molar refractivity (Wildman–Crippen MR) is 224 cm³/mol. The number of hydrogen-bond acceptors (Lipinski definition) is 12. The van der Waals surface area contributed by atoms with Crippen molar-refractivity contribution in [2.24, 2.45) is 5.16 Å². The third-order valence-electron chi connectivity index (χ3n) is 7.25. The molecule has 0 amide bonds. The molecular weight excluding hydrogens is 730 g/mol. The van der Waals surface area contributed by atoms with E-state index in [-0.39, 0.29) is 5.97 Å². The van der Waals surface area contributed by atoms with Crippen molar-refractivity contribution in [1.82, 2.24) is 0 Å². The summed E-state index contributed by atoms with van der Waals surface area (Å²) in [6, 6.07) is 19.7. The molecule has 0 aliphatic rings. The second-order valence-electron chi connectivity index (χ2n) is 11.6. The van der Waals surface area contributed by atoms with E-state index in [0.29, 0.717) is 43.0 Å². The molecule has 3 rings (SSSR count). The second kappa shape index (κ2) is 36.9. The highest BCUT2D eigenvalue weighted by molar-refractivity contribution is 5.84. The fourth-order valence-electron chi connectivity index (χ4n) is 4.29. The molecule has 0 unspecified atom stereocenters. The Kier molecular flexibility index (Phi) is 33.0. The van der Waals surface area contributed by atoms with Crippen molar-refractivity contribution in [3.8, 4) is 23.0 Å². The topological polar surface area (TPSA) is 145 Å². The van der Waals surface area contributed by atoms with Gasteiger partial charge in [-0.05, 0) is 118 Å². The third-order valence-corrected chi connectivity index (χ3v) is 7.25. The third kappa shape index (κ3) is 28.1. The fraction of sp³-hybridized carbons (Fsp3) is 0.356. The van der Waals surface area contributed by atoms with E-state index in [0.717, 1.165) is 93.5 Å². The fourth-order valence-corrected chi connectivity index (χ4v) is 4.29. The average molecular weight is 790 g/mol. The summed E-state index contributed by atoms with van der Waals surface area (Å²) in [7, 11) is 4.94. The van der Waals surface area contributed by atoms with Gasteiger partial charge >= 0.3 is 5.97 Å². The molecule has 0 heterocycles. The van der Waals surface area contributed by atoms with Crippen molar-refractivity contribution in [2.75, 3.05) is 54.4 Å². The molecule has 12 heteroatoms. The molecule has 57 heavy (non-hydrogen) atoms. The molecule has 0 aliphatic carbocycles. The van der Waals surface area contributed by atoms with E-state index in [1.165, 1.54) is 18.6 Å². The number of oxime groups is 1. The Bertz CT molecular complexity index is 1550. The minimum atomic E-state index is -0.368. The van der Waals surface area contributed by atoms with Crippen LogP contribution in [0, 0.1) is 0 Å². The molecule has 0 N–H and O–H groups in total. The summed E-state index contributed by atoms with van der Waals surface area (Å²) in [5.74, 6) is 2.69. The molecule has 0 aromatic heterocycles. The lowest BCUT2D eigenvalue weighted by atomic mass is 10.2. The second-order valence-corrected chi connectivity index (χ2v) is 11.6. The van der Waals surface area contributed by atoms with Crippen LogP contribution in [-0.4, -0.2) is 85.4 Å². The zero-order valence-corrected chi connectivity index (χ0v) is 33.6. The number of allylic oxidation sites excluding steroid dienone is 1. The quantitative estimate of drug-likeness (QED) is 0.0146. The first-order chi connectivity index (χ1) is 27.8. The maximum Gasteiger partial charge on any atom is 0.330 e. The summed E-state index contributed by atoms with van der Waals surface area (Å²) in [5, 5.41) is 3.78. The highest BCUT2D eigenvalue weighted by Gasteiger charge is 2.02. The zero-order chi connectivity index (χ0) is 42.2. The molecule has 0 radical (unpaired) electrons. The Hall–Kier alpha value is -6.01. The summed E-state index contributed by atoms with van der Waals surface area (Å²) in [4.78, 5) is 45.7. The number of rotatable bonds is 26. The number of benzene rings is 3. The predicted octanol–water partition coefficient (Wildman–Crippen LogP) is 8.86. The van der Waals surface area contributed by atoms with Crippen LogP contribution in [-0.2, 0) is 23.9 Å². The number of ether oxygens (including phenoxy) is 6. The van der Waals surface area contributed by atoms with Crippen LogP contribution >= 0.6 is 0 Å². The van der Waals surface area contributed by atoms with Crippen LogP contribution in [0.15, 0.2) is 110 Å². The molecule has 0 atom stereocenters. The number of carbonyl (C=O) groups is 4. The lowest BCUT2D eigenvalue weighted by Crippen LogP contribution is -2.02. The highest BCUT2D eigenvalue weighted by atomic mass is 16.6. The smallest absolute Gasteiger partial charge is 0.330 e. The maximum atomic E-state index is 10.8. The SMILES string of the molecule is C=CC(=O)OCCCCCCOc1ccc(C=O)cc1.C=CC=O.C=CCO/N=C/c1cc(OC)ccc1OC.COCCCCCCOc1ccc(C=O)cc1. The first-order valence-electron chi connectivity index (χ1n) is 18.5. The van der Waals surface area contributed by atoms with E-state index in [1.807, 2.05) is 30.3 Å². The molecular formula is C45H59NO11. The van der Waals surface area contributed by atoms with E-state index in [9.17, 15) is 14.4 Å². The molecule has 0 saturated carbocycles. The Morgan fingerprint density at radius 1 is 0.632 bits per heavy atom. The molecule has 0 bridgehead atoms. The van der Waals surface area contributed by atoms with Gasteiger partial charge in [-0.1, -0.05) is 37.4 Å². The van der Waals surface area contributed by atoms with Crippen molar-refractivity contribution in [2.45, 2.75) is 51.4 Å². The lowest BCUT2D eigenvalue weighted by Gasteiger charge is -2.06. The summed E-state index contributed by atoms with van der Waals surface area (Å²) >= 11 is 0. The van der Waals surface area contributed by atoms with Gasteiger partial charge in [0.1, 0.15) is 48.5 Å². The number of hydrogen-bond donors (Lipinski definition) is 0. The monoisotopic (exact) mass is 789 g/mol. The van der Waals surface area contributed by atoms with Crippen molar-refractivity contribution in [1.29, 1.82) is 0 Å². The molecule has 0 saturated heterocycles. The Morgan fingerprint density at radius 3 is 1.54 bits per heavy atom. The van der Waals surface area contributed by atoms with Gasteiger partial charge in [0, 0.05) is 36.5 Å². The van der Waals surface area contributed by atoms with Crippen LogP contribution in [0.5, 0.6) is 23.0 Å². The van der Waals surface area contributed by atoms with Gasteiger partial charge in [-0.25, -0.2) is 4.79 Å². The van der Waals surface area contributed by atoms with Crippen LogP contribution < -0.4 is 18.9 Å². The molecule has 0 spiro atoms. The van der Waals surface area contributed by atoms with Crippen molar-refractivity contribution in [3.05, 3.63) is 121 Å². The van der Waals surface area contributed by atoms with E-state index < -0.39 is 0 Å².